The number of nitrogens with one attached hydrogen (secondary N) is 1. The average Bonchev–Trinajstić information content (AvgIpc) is 2.87. The summed E-state index contributed by atoms with van der Waals surface area (Å²) in [6.07, 6.45) is -1.85. The maximum atomic E-state index is 12.6. The molecule has 0 aliphatic carbocycles. The Kier molecular flexibility index (Phi) is 15.3. The van der Waals surface area contributed by atoms with E-state index < -0.39 is 36.6 Å². The lowest BCUT2D eigenvalue weighted by Gasteiger charge is -2.33. The second-order valence-corrected chi connectivity index (χ2v) is 12.5. The minimum absolute atomic E-state index is 0.00107. The molecule has 0 aliphatic heterocycles. The average molecular weight is 612 g/mol. The molecule has 1 aromatic carbocycles. The highest BCUT2D eigenvalue weighted by Gasteiger charge is 2.45. The minimum atomic E-state index is -2.24. The zero-order valence-electron chi connectivity index (χ0n) is 26.9. The molecule has 0 bridgehead atoms. The van der Waals surface area contributed by atoms with E-state index in [-0.39, 0.29) is 54.3 Å². The van der Waals surface area contributed by atoms with Gasteiger partial charge in [0, 0.05) is 12.5 Å². The van der Waals surface area contributed by atoms with Crippen molar-refractivity contribution in [3.8, 4) is 11.5 Å². The molecule has 0 amide bonds. The van der Waals surface area contributed by atoms with Gasteiger partial charge >= 0.3 is 24.4 Å². The summed E-state index contributed by atoms with van der Waals surface area (Å²) < 4.78 is 31.5. The van der Waals surface area contributed by atoms with Crippen molar-refractivity contribution < 1.29 is 52.7 Å². The standard InChI is InChI=1S/C31H49NO11/c1-10-22(6)32-31(26(33)34,43-29(37)40-19-30(7,8)9)18-23-11-12-24(41-27(35)38-15-13-20(2)3)25(17-23)42-28(36)39-16-14-21(4)5/h11-12,17,20-22,32H,10,13-16,18-19H2,1-9H3,(H,33,34)/t22?,31-/m0/s1. The van der Waals surface area contributed by atoms with Crippen molar-refractivity contribution >= 4 is 24.4 Å². The molecule has 43 heavy (non-hydrogen) atoms. The van der Waals surface area contributed by atoms with Crippen LogP contribution < -0.4 is 14.8 Å². The first-order valence-electron chi connectivity index (χ1n) is 14.6. The number of carboxylic acids is 1. The highest BCUT2D eigenvalue weighted by Crippen LogP contribution is 2.32. The van der Waals surface area contributed by atoms with Crippen LogP contribution in [-0.2, 0) is 30.2 Å². The molecule has 0 aromatic heterocycles. The summed E-state index contributed by atoms with van der Waals surface area (Å²) in [4.78, 5) is 50.0. The second-order valence-electron chi connectivity index (χ2n) is 12.5. The number of benzene rings is 1. The largest absolute Gasteiger partial charge is 0.513 e. The van der Waals surface area contributed by atoms with Crippen molar-refractivity contribution in [3.63, 3.8) is 0 Å². The minimum Gasteiger partial charge on any atom is -0.477 e. The van der Waals surface area contributed by atoms with E-state index in [1.165, 1.54) is 18.2 Å². The molecule has 2 N–H and O–H groups in total. The summed E-state index contributed by atoms with van der Waals surface area (Å²) in [5.41, 5.74) is -2.35. The Morgan fingerprint density at radius 2 is 1.35 bits per heavy atom. The number of carbonyl (C=O) groups is 4. The van der Waals surface area contributed by atoms with Gasteiger partial charge in [0.1, 0.15) is 0 Å². The molecule has 12 nitrogen and oxygen atoms in total. The summed E-state index contributed by atoms with van der Waals surface area (Å²) in [7, 11) is 0. The lowest BCUT2D eigenvalue weighted by atomic mass is 9.99. The fourth-order valence-electron chi connectivity index (χ4n) is 3.35. The van der Waals surface area contributed by atoms with Crippen molar-refractivity contribution in [2.45, 2.75) is 99.8 Å². The van der Waals surface area contributed by atoms with Gasteiger partial charge in [-0.2, -0.15) is 0 Å². The predicted octanol–water partition coefficient (Wildman–Crippen LogP) is 6.72. The third kappa shape index (κ3) is 15.0. The lowest BCUT2D eigenvalue weighted by Crippen LogP contribution is -2.59. The smallest absolute Gasteiger partial charge is 0.477 e. The molecular weight excluding hydrogens is 562 g/mol. The number of rotatable bonds is 16. The maximum absolute atomic E-state index is 12.6. The van der Waals surface area contributed by atoms with Crippen LogP contribution >= 0.6 is 0 Å². The van der Waals surface area contributed by atoms with Crippen LogP contribution in [0.3, 0.4) is 0 Å². The summed E-state index contributed by atoms with van der Waals surface area (Å²) in [6.45, 7) is 17.3. The van der Waals surface area contributed by atoms with Crippen LogP contribution in [0.4, 0.5) is 14.4 Å². The SMILES string of the molecule is CCC(C)N[C@@](Cc1ccc(OC(=O)OCCC(C)C)c(OC(=O)OCCC(C)C)c1)(OC(=O)OCC(C)(C)C)C(=O)O. The van der Waals surface area contributed by atoms with Crippen molar-refractivity contribution in [1.29, 1.82) is 0 Å². The maximum Gasteiger partial charge on any atom is 0.513 e. The number of hydrogen-bond acceptors (Lipinski definition) is 11. The molecule has 0 fully saturated rings. The van der Waals surface area contributed by atoms with E-state index in [0.29, 0.717) is 25.2 Å². The molecule has 244 valence electrons. The first-order valence-corrected chi connectivity index (χ1v) is 14.6. The highest BCUT2D eigenvalue weighted by molar-refractivity contribution is 5.80. The molecule has 2 atom stereocenters. The highest BCUT2D eigenvalue weighted by atomic mass is 16.8. The van der Waals surface area contributed by atoms with E-state index in [2.05, 4.69) is 5.32 Å². The lowest BCUT2D eigenvalue weighted by molar-refractivity contribution is -0.167. The third-order valence-electron chi connectivity index (χ3n) is 6.00. The van der Waals surface area contributed by atoms with Crippen molar-refractivity contribution in [2.75, 3.05) is 19.8 Å². The van der Waals surface area contributed by atoms with Crippen LogP contribution in [0.15, 0.2) is 18.2 Å². The van der Waals surface area contributed by atoms with E-state index in [9.17, 15) is 24.3 Å². The zero-order valence-corrected chi connectivity index (χ0v) is 26.9. The van der Waals surface area contributed by atoms with Crippen LogP contribution in [0.2, 0.25) is 0 Å². The van der Waals surface area contributed by atoms with Gasteiger partial charge < -0.3 is 33.5 Å². The van der Waals surface area contributed by atoms with Gasteiger partial charge in [0.15, 0.2) is 11.5 Å². The van der Waals surface area contributed by atoms with Crippen LogP contribution in [-0.4, -0.2) is 61.1 Å². The van der Waals surface area contributed by atoms with E-state index in [1.807, 2.05) is 55.4 Å². The van der Waals surface area contributed by atoms with E-state index in [4.69, 9.17) is 28.4 Å². The quantitative estimate of drug-likeness (QED) is 0.0881. The van der Waals surface area contributed by atoms with Crippen LogP contribution in [0.5, 0.6) is 11.5 Å². The number of carbonyl (C=O) groups excluding carboxylic acids is 3. The Morgan fingerprint density at radius 3 is 1.81 bits per heavy atom. The van der Waals surface area contributed by atoms with E-state index in [0.717, 1.165) is 0 Å². The van der Waals surface area contributed by atoms with Crippen LogP contribution in [0.1, 0.15) is 87.1 Å². The molecule has 0 radical (unpaired) electrons. The Bertz CT molecular complexity index is 1060. The van der Waals surface area contributed by atoms with E-state index >= 15 is 0 Å². The number of ether oxygens (including phenoxy) is 6. The first kappa shape index (κ1) is 37.5. The molecule has 0 saturated carbocycles. The predicted molar refractivity (Wildman–Crippen MR) is 158 cm³/mol. The number of carboxylic acid groups (broad SMARTS) is 1. The van der Waals surface area contributed by atoms with Gasteiger partial charge in [0.05, 0.1) is 19.8 Å². The molecule has 0 heterocycles. The van der Waals surface area contributed by atoms with Crippen molar-refractivity contribution in [1.82, 2.24) is 5.32 Å². The van der Waals surface area contributed by atoms with E-state index in [1.54, 1.807) is 6.92 Å². The van der Waals surface area contributed by atoms with Gasteiger partial charge in [0.25, 0.3) is 5.72 Å². The van der Waals surface area contributed by atoms with Crippen LogP contribution in [0, 0.1) is 17.3 Å². The van der Waals surface area contributed by atoms with Crippen LogP contribution in [0.25, 0.3) is 0 Å². The second kappa shape index (κ2) is 17.5. The zero-order chi connectivity index (χ0) is 32.8. The molecule has 1 aromatic rings. The van der Waals surface area contributed by atoms with Gasteiger partial charge in [-0.3, -0.25) is 5.32 Å². The molecule has 12 heteroatoms. The molecule has 0 spiro atoms. The van der Waals surface area contributed by atoms with Crippen molar-refractivity contribution in [3.05, 3.63) is 23.8 Å². The normalized spacial score (nSPS) is 13.6. The van der Waals surface area contributed by atoms with Crippen molar-refractivity contribution in [2.24, 2.45) is 17.3 Å². The number of hydrogen-bond donors (Lipinski definition) is 2. The van der Waals surface area contributed by atoms with Gasteiger partial charge in [-0.05, 0) is 61.1 Å². The van der Waals surface area contributed by atoms with Gasteiger partial charge in [-0.1, -0.05) is 61.5 Å². The number of aliphatic carboxylic acids is 1. The first-order chi connectivity index (χ1) is 20.0. The summed E-state index contributed by atoms with van der Waals surface area (Å²) in [5.74, 6) is -1.25. The topological polar surface area (TPSA) is 156 Å². The monoisotopic (exact) mass is 611 g/mol. The molecule has 0 aliphatic rings. The summed E-state index contributed by atoms with van der Waals surface area (Å²) in [5, 5.41) is 13.1. The summed E-state index contributed by atoms with van der Waals surface area (Å²) >= 11 is 0. The third-order valence-corrected chi connectivity index (χ3v) is 6.00. The molecular formula is C31H49NO11. The fraction of sp³-hybridized carbons (Fsp3) is 0.677. The fourth-order valence-corrected chi connectivity index (χ4v) is 3.35. The molecule has 1 unspecified atom stereocenters. The molecule has 1 rings (SSSR count). The van der Waals surface area contributed by atoms with Gasteiger partial charge in [-0.15, -0.1) is 0 Å². The van der Waals surface area contributed by atoms with Gasteiger partial charge in [0.2, 0.25) is 0 Å². The Balaban J connectivity index is 3.37. The Hall–Kier alpha value is -3.54. The molecule has 0 saturated heterocycles. The summed E-state index contributed by atoms with van der Waals surface area (Å²) in [6, 6.07) is 3.71. The Morgan fingerprint density at radius 1 is 0.814 bits per heavy atom. The Labute approximate surface area is 254 Å². The van der Waals surface area contributed by atoms with Gasteiger partial charge in [-0.25, -0.2) is 19.2 Å².